The van der Waals surface area contributed by atoms with Gasteiger partial charge in [-0.3, -0.25) is 0 Å². The second-order valence-corrected chi connectivity index (χ2v) is 13.5. The zero-order valence-electron chi connectivity index (χ0n) is 19.5. The fourth-order valence-electron chi connectivity index (χ4n) is 7.30. The molecule has 0 nitrogen and oxygen atoms in total. The number of hydrogen-bond acceptors (Lipinski definition) is 0. The molecule has 0 spiro atoms. The quantitative estimate of drug-likeness (QED) is 0.418. The van der Waals surface area contributed by atoms with E-state index < -0.39 is 0 Å². The molecule has 2 aliphatic rings. The lowest BCUT2D eigenvalue weighted by atomic mass is 9.72. The third-order valence-electron chi connectivity index (χ3n) is 8.82. The van der Waals surface area contributed by atoms with Crippen molar-refractivity contribution in [1.29, 1.82) is 0 Å². The minimum absolute atomic E-state index is 0.0994. The van der Waals surface area contributed by atoms with Crippen molar-refractivity contribution in [3.05, 3.63) is 35.9 Å². The van der Waals surface area contributed by atoms with E-state index in [1.54, 1.807) is 5.56 Å². The zero-order chi connectivity index (χ0) is 20.4. The van der Waals surface area contributed by atoms with Crippen molar-refractivity contribution in [2.75, 3.05) is 0 Å². The molecule has 1 aromatic rings. The molecule has 2 aliphatic carbocycles. The van der Waals surface area contributed by atoms with Gasteiger partial charge in [-0.15, -0.1) is 0 Å². The lowest BCUT2D eigenvalue weighted by molar-refractivity contribution is 0.190. The highest BCUT2D eigenvalue weighted by atomic mass is 31.1. The van der Waals surface area contributed by atoms with Gasteiger partial charge in [-0.25, -0.2) is 0 Å². The van der Waals surface area contributed by atoms with E-state index >= 15 is 0 Å². The van der Waals surface area contributed by atoms with Crippen LogP contribution in [-0.4, -0.2) is 10.3 Å². The Labute approximate surface area is 177 Å². The first-order valence-corrected chi connectivity index (χ1v) is 13.7. The van der Waals surface area contributed by atoms with Crippen LogP contribution in [0.25, 0.3) is 0 Å². The Kier molecular flexibility index (Phi) is 7.34. The summed E-state index contributed by atoms with van der Waals surface area (Å²) in [4.78, 5) is 0. The van der Waals surface area contributed by atoms with Crippen LogP contribution in [-0.2, 0) is 6.16 Å². The van der Waals surface area contributed by atoms with Crippen LogP contribution in [0, 0.1) is 23.7 Å². The Hall–Kier alpha value is -0.350. The third kappa shape index (κ3) is 3.85. The van der Waals surface area contributed by atoms with Gasteiger partial charge in [-0.05, 0) is 71.4 Å². The van der Waals surface area contributed by atoms with Gasteiger partial charge in [0.05, 0.1) is 0 Å². The Bertz CT molecular complexity index is 572. The predicted octanol–water partition coefficient (Wildman–Crippen LogP) is 8.88. The molecule has 0 bridgehead atoms. The van der Waals surface area contributed by atoms with Gasteiger partial charge in [0, 0.05) is 0 Å². The summed E-state index contributed by atoms with van der Waals surface area (Å²) in [5.74, 6) is 3.34. The normalized spacial score (nSPS) is 35.3. The fourth-order valence-corrected chi connectivity index (χ4v) is 12.7. The third-order valence-corrected chi connectivity index (χ3v) is 13.9. The van der Waals surface area contributed by atoms with Crippen molar-refractivity contribution >= 4 is 7.92 Å². The summed E-state index contributed by atoms with van der Waals surface area (Å²) in [5.41, 5.74) is 1.60. The molecule has 0 radical (unpaired) electrons. The first kappa shape index (κ1) is 22.3. The van der Waals surface area contributed by atoms with Gasteiger partial charge in [0.25, 0.3) is 0 Å². The van der Waals surface area contributed by atoms with Crippen molar-refractivity contribution in [3.8, 4) is 0 Å². The summed E-state index contributed by atoms with van der Waals surface area (Å²) in [6, 6.07) is 11.6. The SMILES string of the molecule is CC(C)C1(P(Cc2ccccc2)C2(C(C)C)CCCCC2C)CCCCC1C. The molecule has 2 fully saturated rings. The van der Waals surface area contributed by atoms with E-state index in [0.717, 1.165) is 23.7 Å². The number of rotatable bonds is 6. The monoisotopic (exact) mass is 400 g/mol. The fraction of sp³-hybridized carbons (Fsp3) is 0.778. The molecule has 4 unspecified atom stereocenters. The molecule has 0 saturated heterocycles. The van der Waals surface area contributed by atoms with E-state index in [2.05, 4.69) is 71.9 Å². The second kappa shape index (κ2) is 9.20. The Morgan fingerprint density at radius 1 is 0.786 bits per heavy atom. The molecule has 1 aromatic carbocycles. The van der Waals surface area contributed by atoms with E-state index in [0.29, 0.717) is 10.3 Å². The first-order chi connectivity index (χ1) is 13.4. The van der Waals surface area contributed by atoms with Gasteiger partial charge < -0.3 is 0 Å². The lowest BCUT2D eigenvalue weighted by Gasteiger charge is -2.62. The van der Waals surface area contributed by atoms with Crippen LogP contribution in [0.15, 0.2) is 30.3 Å². The van der Waals surface area contributed by atoms with Crippen molar-refractivity contribution in [2.45, 2.75) is 109 Å². The Morgan fingerprint density at radius 3 is 1.64 bits per heavy atom. The van der Waals surface area contributed by atoms with Crippen LogP contribution in [0.4, 0.5) is 0 Å². The molecule has 1 heteroatoms. The van der Waals surface area contributed by atoms with Crippen LogP contribution >= 0.6 is 7.92 Å². The maximum Gasteiger partial charge on any atom is -0.00377 e. The highest BCUT2D eigenvalue weighted by Gasteiger charge is 2.57. The molecule has 0 amide bonds. The first-order valence-electron chi connectivity index (χ1n) is 12.2. The summed E-state index contributed by atoms with van der Waals surface area (Å²) < 4.78 is 0. The van der Waals surface area contributed by atoms with Crippen LogP contribution in [0.1, 0.15) is 98.5 Å². The maximum absolute atomic E-state index is 2.63. The minimum Gasteiger partial charge on any atom is -0.0884 e. The number of hydrogen-bond donors (Lipinski definition) is 0. The summed E-state index contributed by atoms with van der Waals surface area (Å²) >= 11 is 0. The highest BCUT2D eigenvalue weighted by Crippen LogP contribution is 2.75. The predicted molar refractivity (Wildman–Crippen MR) is 127 cm³/mol. The summed E-state index contributed by atoms with van der Waals surface area (Å²) in [6.45, 7) is 15.5. The van der Waals surface area contributed by atoms with E-state index in [-0.39, 0.29) is 7.92 Å². The van der Waals surface area contributed by atoms with Gasteiger partial charge in [-0.2, -0.15) is 0 Å². The van der Waals surface area contributed by atoms with E-state index in [4.69, 9.17) is 0 Å². The molecule has 0 N–H and O–H groups in total. The van der Waals surface area contributed by atoms with E-state index in [1.165, 1.54) is 57.5 Å². The van der Waals surface area contributed by atoms with Crippen molar-refractivity contribution in [3.63, 3.8) is 0 Å². The molecule has 4 atom stereocenters. The van der Waals surface area contributed by atoms with Crippen LogP contribution in [0.3, 0.4) is 0 Å². The highest BCUT2D eigenvalue weighted by molar-refractivity contribution is 7.60. The Balaban J connectivity index is 2.15. The topological polar surface area (TPSA) is 0 Å². The molecule has 0 aliphatic heterocycles. The molecule has 2 saturated carbocycles. The summed E-state index contributed by atoms with van der Waals surface area (Å²) in [6.07, 6.45) is 13.0. The smallest absolute Gasteiger partial charge is 0.00377 e. The molecule has 158 valence electrons. The Morgan fingerprint density at radius 2 is 1.25 bits per heavy atom. The van der Waals surface area contributed by atoms with Gasteiger partial charge in [0.2, 0.25) is 0 Å². The van der Waals surface area contributed by atoms with Gasteiger partial charge in [-0.1, -0.05) is 105 Å². The minimum atomic E-state index is -0.0994. The largest absolute Gasteiger partial charge is 0.0884 e. The van der Waals surface area contributed by atoms with Gasteiger partial charge in [0.15, 0.2) is 0 Å². The zero-order valence-corrected chi connectivity index (χ0v) is 20.4. The van der Waals surface area contributed by atoms with Crippen LogP contribution in [0.5, 0.6) is 0 Å². The van der Waals surface area contributed by atoms with Gasteiger partial charge in [0.1, 0.15) is 0 Å². The van der Waals surface area contributed by atoms with Crippen molar-refractivity contribution in [2.24, 2.45) is 23.7 Å². The molecule has 28 heavy (non-hydrogen) atoms. The second-order valence-electron chi connectivity index (χ2n) is 10.7. The molecule has 0 heterocycles. The van der Waals surface area contributed by atoms with E-state index in [1.807, 2.05) is 0 Å². The van der Waals surface area contributed by atoms with Crippen LogP contribution < -0.4 is 0 Å². The van der Waals surface area contributed by atoms with Crippen molar-refractivity contribution < 1.29 is 0 Å². The van der Waals surface area contributed by atoms with Crippen molar-refractivity contribution in [1.82, 2.24) is 0 Å². The molecular weight excluding hydrogens is 355 g/mol. The van der Waals surface area contributed by atoms with Crippen LogP contribution in [0.2, 0.25) is 0 Å². The average Bonchev–Trinajstić information content (AvgIpc) is 2.68. The average molecular weight is 401 g/mol. The summed E-state index contributed by atoms with van der Waals surface area (Å²) in [7, 11) is -0.0994. The standard InChI is InChI=1S/C27H45P/c1-21(2)26(18-12-10-14-23(26)5)28(20-25-16-8-7-9-17-25)27(22(3)4)19-13-11-15-24(27)6/h7-9,16-17,21-24H,10-15,18-20H2,1-6H3. The molecule has 3 rings (SSSR count). The number of benzene rings is 1. The lowest BCUT2D eigenvalue weighted by Crippen LogP contribution is -2.53. The molecule has 0 aromatic heterocycles. The van der Waals surface area contributed by atoms with Gasteiger partial charge >= 0.3 is 0 Å². The molecular formula is C27H45P. The van der Waals surface area contributed by atoms with E-state index in [9.17, 15) is 0 Å². The summed E-state index contributed by atoms with van der Waals surface area (Å²) in [5, 5.41) is 1.11. The maximum atomic E-state index is 2.63.